The van der Waals surface area contributed by atoms with Crippen molar-refractivity contribution in [1.82, 2.24) is 4.57 Å². The van der Waals surface area contributed by atoms with Gasteiger partial charge >= 0.3 is 5.76 Å². The molecule has 0 amide bonds. The van der Waals surface area contributed by atoms with E-state index in [9.17, 15) is 9.90 Å². The fourth-order valence-electron chi connectivity index (χ4n) is 2.27. The number of rotatable bonds is 5. The number of hydrogen-bond acceptors (Lipinski definition) is 3. The van der Waals surface area contributed by atoms with Crippen LogP contribution in [0.2, 0.25) is 0 Å². The van der Waals surface area contributed by atoms with Gasteiger partial charge in [0.1, 0.15) is 0 Å². The minimum absolute atomic E-state index is 0.342. The van der Waals surface area contributed by atoms with Crippen LogP contribution in [-0.2, 0) is 6.54 Å². The minimum Gasteiger partial charge on any atom is -0.408 e. The Morgan fingerprint density at radius 1 is 1.37 bits per heavy atom. The summed E-state index contributed by atoms with van der Waals surface area (Å²) >= 11 is 0. The molecule has 0 radical (unpaired) electrons. The highest BCUT2D eigenvalue weighted by Gasteiger charge is 2.14. The molecule has 2 aromatic rings. The molecule has 1 aromatic carbocycles. The first-order chi connectivity index (χ1) is 9.06. The molecule has 0 aliphatic rings. The van der Waals surface area contributed by atoms with Crippen molar-refractivity contribution in [3.05, 3.63) is 34.3 Å². The summed E-state index contributed by atoms with van der Waals surface area (Å²) in [5, 5.41) is 10.2. The van der Waals surface area contributed by atoms with Crippen molar-refractivity contribution in [2.24, 2.45) is 5.92 Å². The molecule has 0 aliphatic carbocycles. The van der Waals surface area contributed by atoms with Gasteiger partial charge in [0.05, 0.1) is 11.6 Å². The zero-order valence-corrected chi connectivity index (χ0v) is 11.7. The molecule has 0 saturated carbocycles. The Labute approximate surface area is 112 Å². The van der Waals surface area contributed by atoms with E-state index >= 15 is 0 Å². The van der Waals surface area contributed by atoms with Gasteiger partial charge in [0.25, 0.3) is 0 Å². The van der Waals surface area contributed by atoms with Gasteiger partial charge in [0.2, 0.25) is 0 Å². The van der Waals surface area contributed by atoms with Crippen LogP contribution in [0.25, 0.3) is 11.1 Å². The van der Waals surface area contributed by atoms with E-state index in [0.717, 1.165) is 23.9 Å². The molecule has 1 N–H and O–H groups in total. The third kappa shape index (κ3) is 2.73. The number of nitrogens with zero attached hydrogens (tertiary/aromatic N) is 1. The molecule has 0 aliphatic heterocycles. The van der Waals surface area contributed by atoms with Gasteiger partial charge in [-0.05, 0) is 37.0 Å². The van der Waals surface area contributed by atoms with Gasteiger partial charge in [-0.15, -0.1) is 0 Å². The summed E-state index contributed by atoms with van der Waals surface area (Å²) in [5.74, 6) is 0.129. The fourth-order valence-corrected chi connectivity index (χ4v) is 2.27. The Morgan fingerprint density at radius 2 is 2.11 bits per heavy atom. The van der Waals surface area contributed by atoms with Crippen LogP contribution in [-0.4, -0.2) is 9.67 Å². The van der Waals surface area contributed by atoms with Crippen LogP contribution in [0.4, 0.5) is 0 Å². The van der Waals surface area contributed by atoms with Crippen molar-refractivity contribution in [3.63, 3.8) is 0 Å². The first-order valence-electron chi connectivity index (χ1n) is 6.88. The normalized spacial score (nSPS) is 14.7. The molecule has 4 heteroatoms. The van der Waals surface area contributed by atoms with E-state index in [1.165, 1.54) is 0 Å². The Morgan fingerprint density at radius 3 is 2.74 bits per heavy atom. The summed E-state index contributed by atoms with van der Waals surface area (Å²) in [6.07, 6.45) is 1.26. The molecular formula is C15H21NO3. The molecular weight excluding hydrogens is 242 g/mol. The number of benzene rings is 1. The van der Waals surface area contributed by atoms with Gasteiger partial charge in [0, 0.05) is 6.54 Å². The molecule has 1 aromatic heterocycles. The predicted octanol–water partition coefficient (Wildman–Crippen LogP) is 3.08. The first-order valence-corrected chi connectivity index (χ1v) is 6.88. The third-order valence-corrected chi connectivity index (χ3v) is 3.72. The second-order valence-corrected chi connectivity index (χ2v) is 5.10. The van der Waals surface area contributed by atoms with Gasteiger partial charge in [-0.25, -0.2) is 4.79 Å². The Bertz CT molecular complexity index is 611. The van der Waals surface area contributed by atoms with Crippen molar-refractivity contribution in [2.45, 2.75) is 46.3 Å². The van der Waals surface area contributed by atoms with E-state index in [2.05, 4.69) is 13.8 Å². The quantitative estimate of drug-likeness (QED) is 0.901. The van der Waals surface area contributed by atoms with E-state index in [-0.39, 0.29) is 5.76 Å². The van der Waals surface area contributed by atoms with Gasteiger partial charge in [-0.3, -0.25) is 4.57 Å². The molecule has 0 bridgehead atoms. The van der Waals surface area contributed by atoms with E-state index in [1.54, 1.807) is 10.6 Å². The van der Waals surface area contributed by atoms with Crippen molar-refractivity contribution in [3.8, 4) is 0 Å². The number of fused-ring (bicyclic) bond motifs is 1. The van der Waals surface area contributed by atoms with Crippen molar-refractivity contribution >= 4 is 11.1 Å². The zero-order chi connectivity index (χ0) is 14.0. The highest BCUT2D eigenvalue weighted by Crippen LogP contribution is 2.25. The Hall–Kier alpha value is -1.55. The number of aliphatic hydroxyl groups excluding tert-OH is 1. The molecule has 104 valence electrons. The van der Waals surface area contributed by atoms with Crippen molar-refractivity contribution < 1.29 is 9.52 Å². The standard InChI is InChI=1S/C15H21NO3/c1-4-10(3)8-13(17)11-6-7-12-14(9-11)19-15(18)16(12)5-2/h6-7,9-10,13,17H,4-5,8H2,1-3H3. The highest BCUT2D eigenvalue weighted by molar-refractivity contribution is 5.73. The van der Waals surface area contributed by atoms with Crippen LogP contribution in [0.1, 0.15) is 45.3 Å². The number of aromatic nitrogens is 1. The largest absolute Gasteiger partial charge is 0.419 e. The summed E-state index contributed by atoms with van der Waals surface area (Å²) in [6.45, 7) is 6.72. The molecule has 0 saturated heterocycles. The first kappa shape index (κ1) is 13.9. The minimum atomic E-state index is -0.505. The van der Waals surface area contributed by atoms with E-state index < -0.39 is 6.10 Å². The summed E-state index contributed by atoms with van der Waals surface area (Å²) in [6, 6.07) is 5.49. The van der Waals surface area contributed by atoms with Crippen LogP contribution in [0.15, 0.2) is 27.4 Å². The lowest BCUT2D eigenvalue weighted by molar-refractivity contribution is 0.146. The maximum atomic E-state index is 11.6. The molecule has 2 rings (SSSR count). The van der Waals surface area contributed by atoms with Gasteiger partial charge in [0.15, 0.2) is 5.58 Å². The van der Waals surface area contributed by atoms with Crippen LogP contribution in [0.5, 0.6) is 0 Å². The van der Waals surface area contributed by atoms with E-state index in [4.69, 9.17) is 4.42 Å². The van der Waals surface area contributed by atoms with Crippen molar-refractivity contribution in [1.29, 1.82) is 0 Å². The molecule has 0 spiro atoms. The van der Waals surface area contributed by atoms with Crippen LogP contribution in [0, 0.1) is 5.92 Å². The van der Waals surface area contributed by atoms with Gasteiger partial charge < -0.3 is 9.52 Å². The summed E-state index contributed by atoms with van der Waals surface area (Å²) in [4.78, 5) is 11.6. The van der Waals surface area contributed by atoms with Gasteiger partial charge in [-0.1, -0.05) is 26.3 Å². The molecule has 19 heavy (non-hydrogen) atoms. The zero-order valence-electron chi connectivity index (χ0n) is 11.7. The van der Waals surface area contributed by atoms with Crippen LogP contribution >= 0.6 is 0 Å². The number of aliphatic hydroxyl groups is 1. The summed E-state index contributed by atoms with van der Waals surface area (Å²) in [7, 11) is 0. The second kappa shape index (κ2) is 5.61. The maximum Gasteiger partial charge on any atom is 0.419 e. The third-order valence-electron chi connectivity index (χ3n) is 3.72. The molecule has 0 fully saturated rings. The summed E-state index contributed by atoms with van der Waals surface area (Å²) < 4.78 is 6.79. The lowest BCUT2D eigenvalue weighted by Crippen LogP contribution is -2.11. The number of aryl methyl sites for hydroxylation is 1. The highest BCUT2D eigenvalue weighted by atomic mass is 16.4. The van der Waals surface area contributed by atoms with Crippen LogP contribution in [0.3, 0.4) is 0 Å². The average Bonchev–Trinajstić information content (AvgIpc) is 2.72. The van der Waals surface area contributed by atoms with Crippen LogP contribution < -0.4 is 5.76 Å². The SMILES string of the molecule is CCC(C)CC(O)c1ccc2c(c1)oc(=O)n2CC. The lowest BCUT2D eigenvalue weighted by atomic mass is 9.96. The molecule has 1 heterocycles. The average molecular weight is 263 g/mol. The molecule has 4 nitrogen and oxygen atoms in total. The predicted molar refractivity (Wildman–Crippen MR) is 75.2 cm³/mol. The smallest absolute Gasteiger partial charge is 0.408 e. The van der Waals surface area contributed by atoms with E-state index in [1.807, 2.05) is 19.1 Å². The Kier molecular flexibility index (Phi) is 4.10. The second-order valence-electron chi connectivity index (χ2n) is 5.10. The Balaban J connectivity index is 2.34. The lowest BCUT2D eigenvalue weighted by Gasteiger charge is -2.15. The number of oxazole rings is 1. The molecule has 2 atom stereocenters. The number of hydrogen-bond donors (Lipinski definition) is 1. The maximum absolute atomic E-state index is 11.6. The van der Waals surface area contributed by atoms with E-state index in [0.29, 0.717) is 18.0 Å². The summed E-state index contributed by atoms with van der Waals surface area (Å²) in [5.41, 5.74) is 2.14. The van der Waals surface area contributed by atoms with Gasteiger partial charge in [-0.2, -0.15) is 0 Å². The fraction of sp³-hybridized carbons (Fsp3) is 0.533. The monoisotopic (exact) mass is 263 g/mol. The topological polar surface area (TPSA) is 55.4 Å². The van der Waals surface area contributed by atoms with Crippen molar-refractivity contribution in [2.75, 3.05) is 0 Å². The molecule has 2 unspecified atom stereocenters.